The number of aromatic nitrogens is 4. The first-order chi connectivity index (χ1) is 9.10. The minimum Gasteiger partial charge on any atom is -0.390 e. The van der Waals surface area contributed by atoms with E-state index in [9.17, 15) is 9.90 Å². The summed E-state index contributed by atoms with van der Waals surface area (Å²) in [5.74, 6) is 0.0323. The topological polar surface area (TPSA) is 119 Å². The molecule has 3 rings (SSSR count). The van der Waals surface area contributed by atoms with Crippen molar-refractivity contribution in [2.75, 3.05) is 5.73 Å². The molecule has 4 N–H and O–H groups in total. The third kappa shape index (κ3) is 1.89. The van der Waals surface area contributed by atoms with Crippen molar-refractivity contribution in [2.45, 2.75) is 38.2 Å². The molecule has 1 saturated heterocycles. The lowest BCUT2D eigenvalue weighted by Crippen LogP contribution is -2.19. The first-order valence-electron chi connectivity index (χ1n) is 6.16. The maximum absolute atomic E-state index is 11.7. The fourth-order valence-electron chi connectivity index (χ4n) is 2.41. The molecule has 1 unspecified atom stereocenters. The van der Waals surface area contributed by atoms with Gasteiger partial charge in [-0.1, -0.05) is 6.92 Å². The van der Waals surface area contributed by atoms with Crippen LogP contribution in [0.3, 0.4) is 0 Å². The molecule has 1 aliphatic rings. The number of nitrogens with one attached hydrogen (secondary N) is 1. The van der Waals surface area contributed by atoms with Gasteiger partial charge in [0.15, 0.2) is 11.2 Å². The van der Waals surface area contributed by atoms with Crippen LogP contribution in [0.15, 0.2) is 11.1 Å². The Kier molecular flexibility index (Phi) is 2.76. The van der Waals surface area contributed by atoms with Gasteiger partial charge in [0.05, 0.1) is 18.5 Å². The van der Waals surface area contributed by atoms with Gasteiger partial charge in [-0.25, -0.2) is 4.98 Å². The molecule has 0 spiro atoms. The Morgan fingerprint density at radius 2 is 2.47 bits per heavy atom. The Bertz CT molecular complexity index is 664. The predicted octanol–water partition coefficient (Wildman–Crippen LogP) is -0.240. The van der Waals surface area contributed by atoms with E-state index in [0.717, 1.165) is 6.42 Å². The van der Waals surface area contributed by atoms with Gasteiger partial charge < -0.3 is 15.6 Å². The molecule has 0 radical (unpaired) electrons. The number of aliphatic hydroxyl groups is 1. The summed E-state index contributed by atoms with van der Waals surface area (Å²) in [6, 6.07) is 0. The standard InChI is InChI=1S/C11H15N5O3/c1-2-6-5(17)3-7(19-6)16-4-13-8-9(16)14-11(12)15-10(8)18/h4-7,17H,2-3H2,1H3,(H3,12,14,15,18)/t5?,6-,7-/m0/s1. The van der Waals surface area contributed by atoms with Crippen LogP contribution in [0.4, 0.5) is 5.95 Å². The smallest absolute Gasteiger partial charge is 0.280 e. The average Bonchev–Trinajstić information content (AvgIpc) is 2.92. The molecular formula is C11H15N5O3. The van der Waals surface area contributed by atoms with Crippen LogP contribution >= 0.6 is 0 Å². The molecule has 3 atom stereocenters. The maximum Gasteiger partial charge on any atom is 0.280 e. The summed E-state index contributed by atoms with van der Waals surface area (Å²) in [5.41, 5.74) is 5.74. The number of nitrogen functional groups attached to an aromatic ring is 1. The molecule has 2 aromatic heterocycles. The van der Waals surface area contributed by atoms with E-state index in [4.69, 9.17) is 10.5 Å². The third-order valence-electron chi connectivity index (χ3n) is 3.37. The highest BCUT2D eigenvalue weighted by atomic mass is 16.5. The average molecular weight is 265 g/mol. The summed E-state index contributed by atoms with van der Waals surface area (Å²) >= 11 is 0. The number of imidazole rings is 1. The molecule has 0 saturated carbocycles. The number of nitrogens with zero attached hydrogens (tertiary/aromatic N) is 3. The fourth-order valence-corrected chi connectivity index (χ4v) is 2.41. The minimum absolute atomic E-state index is 0.0323. The van der Waals surface area contributed by atoms with E-state index in [1.54, 1.807) is 4.57 Å². The van der Waals surface area contributed by atoms with Gasteiger partial charge >= 0.3 is 0 Å². The summed E-state index contributed by atoms with van der Waals surface area (Å²) < 4.78 is 7.37. The Balaban J connectivity index is 2.05. The Morgan fingerprint density at radius 1 is 1.68 bits per heavy atom. The molecule has 2 aromatic rings. The molecule has 3 heterocycles. The van der Waals surface area contributed by atoms with Gasteiger partial charge in [-0.2, -0.15) is 4.98 Å². The second kappa shape index (κ2) is 4.32. The lowest BCUT2D eigenvalue weighted by Gasteiger charge is -2.13. The number of aliphatic hydroxyl groups excluding tert-OH is 1. The molecule has 0 aromatic carbocycles. The largest absolute Gasteiger partial charge is 0.390 e. The fraction of sp³-hybridized carbons (Fsp3) is 0.545. The number of hydrogen-bond donors (Lipinski definition) is 3. The maximum atomic E-state index is 11.7. The lowest BCUT2D eigenvalue weighted by molar-refractivity contribution is -0.0183. The van der Waals surface area contributed by atoms with Crippen LogP contribution in [0.25, 0.3) is 11.2 Å². The van der Waals surface area contributed by atoms with E-state index < -0.39 is 6.10 Å². The second-order valence-electron chi connectivity index (χ2n) is 4.62. The molecule has 1 aliphatic heterocycles. The summed E-state index contributed by atoms with van der Waals surface area (Å²) in [6.45, 7) is 1.95. The Labute approximate surface area is 108 Å². The van der Waals surface area contributed by atoms with Crippen LogP contribution in [-0.2, 0) is 4.74 Å². The highest BCUT2D eigenvalue weighted by molar-refractivity contribution is 5.70. The number of aromatic amines is 1. The SMILES string of the molecule is CC[C@@H]1O[C@H](n2cnc3c(=O)[nH]c(N)nc32)CC1O. The van der Waals surface area contributed by atoms with Gasteiger partial charge in [0, 0.05) is 6.42 Å². The van der Waals surface area contributed by atoms with Crippen molar-refractivity contribution in [3.05, 3.63) is 16.7 Å². The van der Waals surface area contributed by atoms with Crippen molar-refractivity contribution in [1.29, 1.82) is 0 Å². The number of rotatable bonds is 2. The first-order valence-corrected chi connectivity index (χ1v) is 6.16. The zero-order chi connectivity index (χ0) is 13.6. The number of H-pyrrole nitrogens is 1. The van der Waals surface area contributed by atoms with Crippen molar-refractivity contribution in [1.82, 2.24) is 19.5 Å². The predicted molar refractivity (Wildman–Crippen MR) is 67.4 cm³/mol. The van der Waals surface area contributed by atoms with Crippen molar-refractivity contribution >= 4 is 17.1 Å². The lowest BCUT2D eigenvalue weighted by atomic mass is 10.1. The Morgan fingerprint density at radius 3 is 3.16 bits per heavy atom. The van der Waals surface area contributed by atoms with Gasteiger partial charge in [-0.05, 0) is 6.42 Å². The Hall–Kier alpha value is -1.93. The molecule has 0 bridgehead atoms. The number of hydrogen-bond acceptors (Lipinski definition) is 6. The second-order valence-corrected chi connectivity index (χ2v) is 4.62. The summed E-state index contributed by atoms with van der Waals surface area (Å²) in [6.07, 6.45) is 1.55. The third-order valence-corrected chi connectivity index (χ3v) is 3.37. The molecule has 1 fully saturated rings. The zero-order valence-corrected chi connectivity index (χ0v) is 10.4. The normalized spacial score (nSPS) is 27.2. The number of fused-ring (bicyclic) bond motifs is 1. The number of ether oxygens (including phenoxy) is 1. The molecule has 8 heteroatoms. The van der Waals surface area contributed by atoms with Gasteiger partial charge in [0.1, 0.15) is 6.23 Å². The van der Waals surface area contributed by atoms with Crippen LogP contribution in [0.5, 0.6) is 0 Å². The van der Waals surface area contributed by atoms with Gasteiger partial charge in [0.2, 0.25) is 5.95 Å². The zero-order valence-electron chi connectivity index (χ0n) is 10.4. The number of nitrogens with two attached hydrogens (primary N) is 1. The molecule has 8 nitrogen and oxygen atoms in total. The molecule has 0 aliphatic carbocycles. The molecule has 0 amide bonds. The molecule has 19 heavy (non-hydrogen) atoms. The van der Waals surface area contributed by atoms with Gasteiger partial charge in [-0.15, -0.1) is 0 Å². The van der Waals surface area contributed by atoms with Crippen molar-refractivity contribution in [3.8, 4) is 0 Å². The molecule has 102 valence electrons. The van der Waals surface area contributed by atoms with Crippen LogP contribution < -0.4 is 11.3 Å². The van der Waals surface area contributed by atoms with Crippen molar-refractivity contribution < 1.29 is 9.84 Å². The highest BCUT2D eigenvalue weighted by Gasteiger charge is 2.34. The quantitative estimate of drug-likeness (QED) is 0.689. The summed E-state index contributed by atoms with van der Waals surface area (Å²) in [7, 11) is 0. The monoisotopic (exact) mass is 265 g/mol. The van der Waals surface area contributed by atoms with Crippen molar-refractivity contribution in [2.24, 2.45) is 0 Å². The van der Waals surface area contributed by atoms with E-state index in [1.807, 2.05) is 6.92 Å². The van der Waals surface area contributed by atoms with E-state index in [0.29, 0.717) is 12.1 Å². The van der Waals surface area contributed by atoms with E-state index in [2.05, 4.69) is 15.0 Å². The van der Waals surface area contributed by atoms with Crippen LogP contribution in [0.1, 0.15) is 26.0 Å². The van der Waals surface area contributed by atoms with E-state index in [-0.39, 0.29) is 29.4 Å². The van der Waals surface area contributed by atoms with Gasteiger partial charge in [-0.3, -0.25) is 14.3 Å². The van der Waals surface area contributed by atoms with Crippen molar-refractivity contribution in [3.63, 3.8) is 0 Å². The minimum atomic E-state index is -0.521. The summed E-state index contributed by atoms with van der Waals surface area (Å²) in [4.78, 5) is 22.2. The van der Waals surface area contributed by atoms with E-state index >= 15 is 0 Å². The summed E-state index contributed by atoms with van der Waals surface area (Å²) in [5, 5.41) is 9.87. The van der Waals surface area contributed by atoms with Crippen LogP contribution in [0.2, 0.25) is 0 Å². The van der Waals surface area contributed by atoms with Crippen LogP contribution in [-0.4, -0.2) is 36.8 Å². The molecular weight excluding hydrogens is 250 g/mol. The van der Waals surface area contributed by atoms with E-state index in [1.165, 1.54) is 6.33 Å². The van der Waals surface area contributed by atoms with Crippen LogP contribution in [0, 0.1) is 0 Å². The number of anilines is 1. The van der Waals surface area contributed by atoms with Gasteiger partial charge in [0.25, 0.3) is 5.56 Å². The first kappa shape index (κ1) is 12.1. The highest BCUT2D eigenvalue weighted by Crippen LogP contribution is 2.31.